The Morgan fingerprint density at radius 3 is 1.96 bits per heavy atom. The highest BCUT2D eigenvalue weighted by Gasteiger charge is 2.30. The van der Waals surface area contributed by atoms with Crippen LogP contribution in [0.25, 0.3) is 11.1 Å². The van der Waals surface area contributed by atoms with Crippen LogP contribution in [0.3, 0.4) is 0 Å². The normalized spacial score (nSPS) is 17.6. The Morgan fingerprint density at radius 1 is 0.913 bits per heavy atom. The number of alkyl halides is 3. The number of benzene rings is 2. The number of hydrogen-bond donors (Lipinski definition) is 1. The van der Waals surface area contributed by atoms with Gasteiger partial charge in [-0.05, 0) is 48.2 Å². The summed E-state index contributed by atoms with van der Waals surface area (Å²) in [6.45, 7) is 1.05. The van der Waals surface area contributed by atoms with Gasteiger partial charge in [0.25, 0.3) is 0 Å². The molecule has 2 aromatic carbocycles. The van der Waals surface area contributed by atoms with Crippen LogP contribution in [0.4, 0.5) is 13.2 Å². The van der Waals surface area contributed by atoms with Crippen molar-refractivity contribution in [1.29, 1.82) is 0 Å². The molecule has 2 nitrogen and oxygen atoms in total. The first-order valence-electron chi connectivity index (χ1n) is 7.21. The predicted octanol–water partition coefficient (Wildman–Crippen LogP) is 5.10. The van der Waals surface area contributed by atoms with E-state index in [2.05, 4.69) is 22.2 Å². The largest absolute Gasteiger partial charge is 0.573 e. The molecule has 0 amide bonds. The molecular weight excluding hydrogens is 327 g/mol. The third-order valence-electron chi connectivity index (χ3n) is 3.79. The van der Waals surface area contributed by atoms with Gasteiger partial charge in [0.2, 0.25) is 0 Å². The standard InChI is InChI=1S/C17H16F3NO.ClH/c18-17(19,20)22-15-9-7-13(8-10-15)12-3-5-14(6-4-12)16-2-1-11-21-16;/h3-10,16,21H,1-2,11H2;1H. The van der Waals surface area contributed by atoms with Gasteiger partial charge in [-0.3, -0.25) is 0 Å². The van der Waals surface area contributed by atoms with E-state index in [1.54, 1.807) is 12.1 Å². The third-order valence-corrected chi connectivity index (χ3v) is 3.79. The van der Waals surface area contributed by atoms with Crippen molar-refractivity contribution >= 4 is 12.4 Å². The molecule has 1 atom stereocenters. The van der Waals surface area contributed by atoms with Gasteiger partial charge in [0.1, 0.15) is 5.75 Å². The molecule has 1 aliphatic heterocycles. The fraction of sp³-hybridized carbons (Fsp3) is 0.294. The average Bonchev–Trinajstić information content (AvgIpc) is 3.01. The zero-order valence-electron chi connectivity index (χ0n) is 12.3. The van der Waals surface area contributed by atoms with Crippen molar-refractivity contribution in [2.45, 2.75) is 25.2 Å². The zero-order chi connectivity index (χ0) is 15.6. The summed E-state index contributed by atoms with van der Waals surface area (Å²) >= 11 is 0. The molecule has 0 aromatic heterocycles. The van der Waals surface area contributed by atoms with Crippen molar-refractivity contribution in [3.63, 3.8) is 0 Å². The fourth-order valence-electron chi connectivity index (χ4n) is 2.73. The Morgan fingerprint density at radius 2 is 1.48 bits per heavy atom. The van der Waals surface area contributed by atoms with Crippen LogP contribution in [-0.4, -0.2) is 12.9 Å². The highest BCUT2D eigenvalue weighted by atomic mass is 35.5. The van der Waals surface area contributed by atoms with Crippen LogP contribution in [0.1, 0.15) is 24.4 Å². The van der Waals surface area contributed by atoms with Crippen molar-refractivity contribution in [3.05, 3.63) is 54.1 Å². The molecule has 0 bridgehead atoms. The van der Waals surface area contributed by atoms with E-state index >= 15 is 0 Å². The molecule has 0 aliphatic carbocycles. The molecule has 6 heteroatoms. The van der Waals surface area contributed by atoms with Crippen molar-refractivity contribution in [2.24, 2.45) is 0 Å². The highest BCUT2D eigenvalue weighted by Crippen LogP contribution is 2.28. The van der Waals surface area contributed by atoms with Crippen LogP contribution < -0.4 is 10.1 Å². The predicted molar refractivity (Wildman–Crippen MR) is 85.8 cm³/mol. The number of halogens is 4. The summed E-state index contributed by atoms with van der Waals surface area (Å²) in [5.41, 5.74) is 3.08. The maximum absolute atomic E-state index is 12.1. The second kappa shape index (κ2) is 7.23. The SMILES string of the molecule is Cl.FC(F)(F)Oc1ccc(-c2ccc(C3CCCN3)cc2)cc1. The maximum atomic E-state index is 12.1. The van der Waals surface area contributed by atoms with E-state index in [9.17, 15) is 13.2 Å². The average molecular weight is 344 g/mol. The van der Waals surface area contributed by atoms with E-state index in [0.717, 1.165) is 24.1 Å². The number of nitrogens with one attached hydrogen (secondary N) is 1. The van der Waals surface area contributed by atoms with Gasteiger partial charge in [-0.15, -0.1) is 25.6 Å². The molecule has 0 spiro atoms. The Bertz CT molecular complexity index is 620. The van der Waals surface area contributed by atoms with Crippen LogP contribution in [0.5, 0.6) is 5.75 Å². The maximum Gasteiger partial charge on any atom is 0.573 e. The van der Waals surface area contributed by atoms with Crippen LogP contribution in [0.15, 0.2) is 48.5 Å². The summed E-state index contributed by atoms with van der Waals surface area (Å²) in [6, 6.07) is 14.5. The van der Waals surface area contributed by atoms with E-state index in [4.69, 9.17) is 0 Å². The molecule has 1 N–H and O–H groups in total. The van der Waals surface area contributed by atoms with Gasteiger partial charge < -0.3 is 10.1 Å². The zero-order valence-corrected chi connectivity index (χ0v) is 13.1. The molecule has 1 aliphatic rings. The molecule has 1 saturated heterocycles. The molecule has 0 saturated carbocycles. The van der Waals surface area contributed by atoms with Crippen molar-refractivity contribution in [3.8, 4) is 16.9 Å². The molecule has 1 heterocycles. The first-order valence-corrected chi connectivity index (χ1v) is 7.21. The van der Waals surface area contributed by atoms with Crippen molar-refractivity contribution < 1.29 is 17.9 Å². The molecule has 2 aromatic rings. The summed E-state index contributed by atoms with van der Waals surface area (Å²) < 4.78 is 40.3. The number of hydrogen-bond acceptors (Lipinski definition) is 2. The highest BCUT2D eigenvalue weighted by molar-refractivity contribution is 5.85. The lowest BCUT2D eigenvalue weighted by Crippen LogP contribution is -2.16. The molecule has 0 radical (unpaired) electrons. The smallest absolute Gasteiger partial charge is 0.406 e. The summed E-state index contributed by atoms with van der Waals surface area (Å²) in [5, 5.41) is 3.44. The fourth-order valence-corrected chi connectivity index (χ4v) is 2.73. The third kappa shape index (κ3) is 4.62. The van der Waals surface area contributed by atoms with E-state index < -0.39 is 6.36 Å². The molecule has 1 unspecified atom stereocenters. The Hall–Kier alpha value is -1.72. The summed E-state index contributed by atoms with van der Waals surface area (Å²) in [7, 11) is 0. The molecular formula is C17H17ClF3NO. The van der Waals surface area contributed by atoms with Crippen LogP contribution in [-0.2, 0) is 0 Å². The van der Waals surface area contributed by atoms with Crippen LogP contribution >= 0.6 is 12.4 Å². The Balaban J connectivity index is 0.00000192. The van der Waals surface area contributed by atoms with Gasteiger partial charge in [0.15, 0.2) is 0 Å². The van der Waals surface area contributed by atoms with Gasteiger partial charge in [-0.25, -0.2) is 0 Å². The van der Waals surface area contributed by atoms with E-state index in [-0.39, 0.29) is 18.2 Å². The van der Waals surface area contributed by atoms with Crippen molar-refractivity contribution in [1.82, 2.24) is 5.32 Å². The van der Waals surface area contributed by atoms with Crippen molar-refractivity contribution in [2.75, 3.05) is 6.54 Å². The lowest BCUT2D eigenvalue weighted by molar-refractivity contribution is -0.274. The first-order chi connectivity index (χ1) is 10.5. The van der Waals surface area contributed by atoms with Gasteiger partial charge in [0.05, 0.1) is 0 Å². The van der Waals surface area contributed by atoms with E-state index in [0.29, 0.717) is 6.04 Å². The quantitative estimate of drug-likeness (QED) is 0.837. The number of rotatable bonds is 3. The van der Waals surface area contributed by atoms with Crippen LogP contribution in [0, 0.1) is 0 Å². The Labute approximate surface area is 139 Å². The number of ether oxygens (including phenoxy) is 1. The minimum atomic E-state index is -4.66. The topological polar surface area (TPSA) is 21.3 Å². The van der Waals surface area contributed by atoms with Crippen LogP contribution in [0.2, 0.25) is 0 Å². The summed E-state index contributed by atoms with van der Waals surface area (Å²) in [6.07, 6.45) is -2.33. The minimum Gasteiger partial charge on any atom is -0.406 e. The monoisotopic (exact) mass is 343 g/mol. The van der Waals surface area contributed by atoms with E-state index in [1.807, 2.05) is 12.1 Å². The van der Waals surface area contributed by atoms with E-state index in [1.165, 1.54) is 24.1 Å². The Kier molecular flexibility index (Phi) is 5.55. The molecule has 1 fully saturated rings. The van der Waals surface area contributed by atoms with Gasteiger partial charge in [0, 0.05) is 6.04 Å². The second-order valence-electron chi connectivity index (χ2n) is 5.34. The van der Waals surface area contributed by atoms with Gasteiger partial charge in [-0.2, -0.15) is 0 Å². The summed E-state index contributed by atoms with van der Waals surface area (Å²) in [5.74, 6) is -0.206. The lowest BCUT2D eigenvalue weighted by atomic mass is 10.00. The molecule has 3 rings (SSSR count). The minimum absolute atomic E-state index is 0. The molecule has 124 valence electrons. The molecule has 23 heavy (non-hydrogen) atoms. The first kappa shape index (κ1) is 17.6. The lowest BCUT2D eigenvalue weighted by Gasteiger charge is -2.12. The summed E-state index contributed by atoms with van der Waals surface area (Å²) in [4.78, 5) is 0. The second-order valence-corrected chi connectivity index (χ2v) is 5.34. The van der Waals surface area contributed by atoms with Gasteiger partial charge in [-0.1, -0.05) is 36.4 Å². The van der Waals surface area contributed by atoms with Gasteiger partial charge >= 0.3 is 6.36 Å².